The maximum Gasteiger partial charge on any atom is 0.259 e. The molecule has 0 bridgehead atoms. The van der Waals surface area contributed by atoms with E-state index >= 15 is 0 Å². The fourth-order valence-electron chi connectivity index (χ4n) is 1.55. The van der Waals surface area contributed by atoms with Gasteiger partial charge in [0.1, 0.15) is 0 Å². The Labute approximate surface area is 132 Å². The minimum absolute atomic E-state index is 0.109. The number of hydrogen-bond acceptors (Lipinski definition) is 3. The van der Waals surface area contributed by atoms with Gasteiger partial charge in [0.25, 0.3) is 5.91 Å². The molecule has 0 unspecified atom stereocenters. The molecular formula is C15H13Cl2N3O. The summed E-state index contributed by atoms with van der Waals surface area (Å²) in [6.45, 7) is 0.109. The molecule has 1 amide bonds. The first-order valence-corrected chi connectivity index (χ1v) is 6.96. The standard InChI is InChI=1S/C15H13Cl2N3O/c16-12-6-4-11(5-7-12)9-19-20-15(21)10-18-14-3-1-2-13(17)8-14/h1-9,18H,10H2,(H,20,21). The van der Waals surface area contributed by atoms with E-state index in [0.29, 0.717) is 10.0 Å². The van der Waals surface area contributed by atoms with Gasteiger partial charge in [0.05, 0.1) is 12.8 Å². The minimum atomic E-state index is -0.250. The molecule has 0 saturated carbocycles. The summed E-state index contributed by atoms with van der Waals surface area (Å²) in [7, 11) is 0. The number of halogens is 2. The molecule has 21 heavy (non-hydrogen) atoms. The van der Waals surface area contributed by atoms with E-state index in [0.717, 1.165) is 11.3 Å². The molecule has 0 aliphatic heterocycles. The van der Waals surface area contributed by atoms with Crippen LogP contribution in [0, 0.1) is 0 Å². The van der Waals surface area contributed by atoms with Crippen LogP contribution in [0.4, 0.5) is 5.69 Å². The third kappa shape index (κ3) is 5.45. The topological polar surface area (TPSA) is 53.5 Å². The molecule has 2 N–H and O–H groups in total. The van der Waals surface area contributed by atoms with Gasteiger partial charge in [0.15, 0.2) is 0 Å². The highest BCUT2D eigenvalue weighted by Crippen LogP contribution is 2.14. The normalized spacial score (nSPS) is 10.6. The van der Waals surface area contributed by atoms with Crippen molar-refractivity contribution in [1.29, 1.82) is 0 Å². The molecule has 0 radical (unpaired) electrons. The maximum atomic E-state index is 11.6. The summed E-state index contributed by atoms with van der Waals surface area (Å²) in [5.74, 6) is -0.250. The molecule has 2 aromatic rings. The number of nitrogens with zero attached hydrogens (tertiary/aromatic N) is 1. The van der Waals surface area contributed by atoms with E-state index < -0.39 is 0 Å². The summed E-state index contributed by atoms with van der Waals surface area (Å²) >= 11 is 11.6. The first-order chi connectivity index (χ1) is 10.1. The van der Waals surface area contributed by atoms with Crippen molar-refractivity contribution >= 4 is 41.0 Å². The van der Waals surface area contributed by atoms with Crippen molar-refractivity contribution in [2.24, 2.45) is 5.10 Å². The molecule has 6 heteroatoms. The second kappa shape index (κ2) is 7.67. The molecule has 0 aromatic heterocycles. The van der Waals surface area contributed by atoms with Crippen LogP contribution in [0.1, 0.15) is 5.56 Å². The molecule has 108 valence electrons. The second-order valence-corrected chi connectivity index (χ2v) is 5.08. The highest BCUT2D eigenvalue weighted by atomic mass is 35.5. The molecule has 0 aliphatic rings. The van der Waals surface area contributed by atoms with Gasteiger partial charge in [-0.2, -0.15) is 5.10 Å². The summed E-state index contributed by atoms with van der Waals surface area (Å²) in [4.78, 5) is 11.6. The summed E-state index contributed by atoms with van der Waals surface area (Å²) in [6.07, 6.45) is 1.55. The number of hydrazone groups is 1. The Morgan fingerprint density at radius 2 is 1.86 bits per heavy atom. The van der Waals surface area contributed by atoms with E-state index in [1.165, 1.54) is 0 Å². The first kappa shape index (κ1) is 15.4. The van der Waals surface area contributed by atoms with Crippen molar-refractivity contribution in [1.82, 2.24) is 5.43 Å². The largest absolute Gasteiger partial charge is 0.376 e. The van der Waals surface area contributed by atoms with Crippen molar-refractivity contribution in [2.45, 2.75) is 0 Å². The number of amides is 1. The van der Waals surface area contributed by atoms with Crippen molar-refractivity contribution in [3.8, 4) is 0 Å². The molecule has 0 heterocycles. The van der Waals surface area contributed by atoms with Gasteiger partial charge in [-0.15, -0.1) is 0 Å². The molecule has 2 aromatic carbocycles. The molecule has 4 nitrogen and oxygen atoms in total. The van der Waals surface area contributed by atoms with Gasteiger partial charge in [-0.25, -0.2) is 5.43 Å². The number of benzene rings is 2. The molecule has 2 rings (SSSR count). The molecule has 0 fully saturated rings. The van der Waals surface area contributed by atoms with E-state index in [1.54, 1.807) is 36.5 Å². The van der Waals surface area contributed by atoms with Gasteiger partial charge in [-0.1, -0.05) is 41.4 Å². The van der Waals surface area contributed by atoms with Gasteiger partial charge < -0.3 is 5.32 Å². The van der Waals surface area contributed by atoms with Crippen LogP contribution >= 0.6 is 23.2 Å². The Balaban J connectivity index is 1.78. The zero-order valence-electron chi connectivity index (χ0n) is 11.0. The van der Waals surface area contributed by atoms with Crippen molar-refractivity contribution < 1.29 is 4.79 Å². The van der Waals surface area contributed by atoms with Gasteiger partial charge in [-0.3, -0.25) is 4.79 Å². The summed E-state index contributed by atoms with van der Waals surface area (Å²) < 4.78 is 0. The highest BCUT2D eigenvalue weighted by Gasteiger charge is 1.99. The van der Waals surface area contributed by atoms with E-state index in [2.05, 4.69) is 15.8 Å². The minimum Gasteiger partial charge on any atom is -0.376 e. The number of nitrogens with one attached hydrogen (secondary N) is 2. The monoisotopic (exact) mass is 321 g/mol. The Morgan fingerprint density at radius 1 is 1.10 bits per heavy atom. The third-order valence-electron chi connectivity index (χ3n) is 2.55. The highest BCUT2D eigenvalue weighted by molar-refractivity contribution is 6.31. The zero-order chi connectivity index (χ0) is 15.1. The number of rotatable bonds is 5. The molecule has 0 saturated heterocycles. The number of hydrogen-bond donors (Lipinski definition) is 2. The van der Waals surface area contributed by atoms with Crippen LogP contribution in [0.2, 0.25) is 10.0 Å². The van der Waals surface area contributed by atoms with Crippen LogP contribution in [0.3, 0.4) is 0 Å². The Hall–Kier alpha value is -2.04. The summed E-state index contributed by atoms with van der Waals surface area (Å²) in [5.41, 5.74) is 4.06. The fourth-order valence-corrected chi connectivity index (χ4v) is 1.86. The average Bonchev–Trinajstić information content (AvgIpc) is 2.47. The van der Waals surface area contributed by atoms with E-state index in [-0.39, 0.29) is 12.5 Å². The van der Waals surface area contributed by atoms with Gasteiger partial charge in [0, 0.05) is 15.7 Å². The van der Waals surface area contributed by atoms with Crippen molar-refractivity contribution in [2.75, 3.05) is 11.9 Å². The third-order valence-corrected chi connectivity index (χ3v) is 3.04. The lowest BCUT2D eigenvalue weighted by atomic mass is 10.2. The van der Waals surface area contributed by atoms with E-state index in [9.17, 15) is 4.79 Å². The SMILES string of the molecule is O=C(CNc1cccc(Cl)c1)NN=Cc1ccc(Cl)cc1. The quantitative estimate of drug-likeness (QED) is 0.653. The van der Waals surface area contributed by atoms with Gasteiger partial charge >= 0.3 is 0 Å². The number of anilines is 1. The van der Waals surface area contributed by atoms with Crippen molar-refractivity contribution in [3.63, 3.8) is 0 Å². The fraction of sp³-hybridized carbons (Fsp3) is 0.0667. The predicted octanol–water partition coefficient (Wildman–Crippen LogP) is 3.56. The Kier molecular flexibility index (Phi) is 5.60. The number of carbonyl (C=O) groups excluding carboxylic acids is 1. The predicted molar refractivity (Wildman–Crippen MR) is 87.1 cm³/mol. The number of carbonyl (C=O) groups is 1. The summed E-state index contributed by atoms with van der Waals surface area (Å²) in [6, 6.07) is 14.3. The van der Waals surface area contributed by atoms with Gasteiger partial charge in [-0.05, 0) is 35.9 Å². The molecule has 0 aliphatic carbocycles. The average molecular weight is 322 g/mol. The summed E-state index contributed by atoms with van der Waals surface area (Å²) in [5, 5.41) is 8.09. The van der Waals surface area contributed by atoms with Crippen LogP contribution in [0.25, 0.3) is 0 Å². The Morgan fingerprint density at radius 3 is 2.57 bits per heavy atom. The van der Waals surface area contributed by atoms with Crippen LogP contribution in [0.15, 0.2) is 53.6 Å². The lowest BCUT2D eigenvalue weighted by Crippen LogP contribution is -2.25. The van der Waals surface area contributed by atoms with Crippen LogP contribution in [-0.4, -0.2) is 18.7 Å². The maximum absolute atomic E-state index is 11.6. The molecule has 0 spiro atoms. The lowest BCUT2D eigenvalue weighted by molar-refractivity contribution is -0.119. The van der Waals surface area contributed by atoms with Crippen LogP contribution < -0.4 is 10.7 Å². The lowest BCUT2D eigenvalue weighted by Gasteiger charge is -2.05. The van der Waals surface area contributed by atoms with Crippen LogP contribution in [-0.2, 0) is 4.79 Å². The first-order valence-electron chi connectivity index (χ1n) is 6.20. The zero-order valence-corrected chi connectivity index (χ0v) is 12.5. The van der Waals surface area contributed by atoms with Crippen molar-refractivity contribution in [3.05, 3.63) is 64.1 Å². The van der Waals surface area contributed by atoms with E-state index in [1.807, 2.05) is 18.2 Å². The molecule has 0 atom stereocenters. The van der Waals surface area contributed by atoms with Gasteiger partial charge in [0.2, 0.25) is 0 Å². The second-order valence-electron chi connectivity index (χ2n) is 4.21. The van der Waals surface area contributed by atoms with E-state index in [4.69, 9.17) is 23.2 Å². The molecular weight excluding hydrogens is 309 g/mol. The Bertz CT molecular complexity index is 642. The smallest absolute Gasteiger partial charge is 0.259 e. The van der Waals surface area contributed by atoms with Crippen LogP contribution in [0.5, 0.6) is 0 Å².